The molecule has 20 heavy (non-hydrogen) atoms. The molecule has 2 heterocycles. The number of urea groups is 1. The zero-order valence-corrected chi connectivity index (χ0v) is 12.4. The van der Waals surface area contributed by atoms with Gasteiger partial charge < -0.3 is 19.8 Å². The van der Waals surface area contributed by atoms with Gasteiger partial charge in [0, 0.05) is 39.6 Å². The molecule has 0 aromatic rings. The van der Waals surface area contributed by atoms with Crippen molar-refractivity contribution in [1.29, 1.82) is 0 Å². The van der Waals surface area contributed by atoms with Crippen LogP contribution in [0.3, 0.4) is 0 Å². The number of carbonyl (C=O) groups is 2. The maximum Gasteiger partial charge on any atom is 0.319 e. The molecule has 3 amide bonds. The molecule has 2 saturated heterocycles. The van der Waals surface area contributed by atoms with E-state index < -0.39 is 0 Å². The summed E-state index contributed by atoms with van der Waals surface area (Å²) in [6, 6.07) is 0.0224. The Morgan fingerprint density at radius 2 is 1.80 bits per heavy atom. The molecule has 0 saturated carbocycles. The third-order valence-corrected chi connectivity index (χ3v) is 4.37. The number of aliphatic hydroxyl groups is 1. The van der Waals surface area contributed by atoms with E-state index in [1.165, 1.54) is 0 Å². The average Bonchev–Trinajstić information content (AvgIpc) is 2.94. The molecule has 1 atom stereocenters. The Balaban J connectivity index is 1.87. The fraction of sp³-hybridized carbons (Fsp3) is 0.857. The highest BCUT2D eigenvalue weighted by atomic mass is 16.3. The van der Waals surface area contributed by atoms with Gasteiger partial charge in [0.1, 0.15) is 0 Å². The monoisotopic (exact) mass is 283 g/mol. The molecule has 2 rings (SSSR count). The lowest BCUT2D eigenvalue weighted by Crippen LogP contribution is -2.48. The van der Waals surface area contributed by atoms with E-state index in [1.54, 1.807) is 23.9 Å². The van der Waals surface area contributed by atoms with Gasteiger partial charge in [-0.05, 0) is 25.7 Å². The first-order valence-electron chi connectivity index (χ1n) is 7.42. The number of piperidine rings is 1. The fourth-order valence-corrected chi connectivity index (χ4v) is 3.15. The predicted molar refractivity (Wildman–Crippen MR) is 75.2 cm³/mol. The van der Waals surface area contributed by atoms with Crippen molar-refractivity contribution < 1.29 is 14.7 Å². The van der Waals surface area contributed by atoms with E-state index in [2.05, 4.69) is 0 Å². The number of amides is 3. The van der Waals surface area contributed by atoms with E-state index in [4.69, 9.17) is 0 Å². The Hall–Kier alpha value is -1.30. The van der Waals surface area contributed by atoms with Crippen molar-refractivity contribution in [3.05, 3.63) is 0 Å². The van der Waals surface area contributed by atoms with Crippen LogP contribution in [0.25, 0.3) is 0 Å². The molecule has 6 heteroatoms. The Morgan fingerprint density at radius 1 is 1.15 bits per heavy atom. The first kappa shape index (κ1) is 15.1. The lowest BCUT2D eigenvalue weighted by atomic mass is 9.95. The fourth-order valence-electron chi connectivity index (χ4n) is 3.15. The summed E-state index contributed by atoms with van der Waals surface area (Å²) in [4.78, 5) is 29.6. The van der Waals surface area contributed by atoms with Gasteiger partial charge in [-0.25, -0.2) is 4.79 Å². The maximum absolute atomic E-state index is 12.5. The predicted octanol–water partition coefficient (Wildman–Crippen LogP) is 0.363. The van der Waals surface area contributed by atoms with Crippen LogP contribution in [-0.4, -0.2) is 78.1 Å². The Kier molecular flexibility index (Phi) is 4.86. The minimum atomic E-state index is 0.00365. The first-order valence-corrected chi connectivity index (χ1v) is 7.42. The molecule has 0 bridgehead atoms. The third kappa shape index (κ3) is 3.06. The zero-order chi connectivity index (χ0) is 14.7. The number of aliphatic hydroxyl groups excluding tert-OH is 1. The van der Waals surface area contributed by atoms with Crippen LogP contribution >= 0.6 is 0 Å². The second-order valence-electron chi connectivity index (χ2n) is 5.95. The van der Waals surface area contributed by atoms with E-state index in [9.17, 15) is 14.7 Å². The van der Waals surface area contributed by atoms with Gasteiger partial charge in [-0.15, -0.1) is 0 Å². The molecule has 0 aliphatic carbocycles. The Labute approximate surface area is 120 Å². The number of hydrogen-bond donors (Lipinski definition) is 1. The molecule has 0 spiro atoms. The summed E-state index contributed by atoms with van der Waals surface area (Å²) in [7, 11) is 3.49. The number of hydrogen-bond acceptors (Lipinski definition) is 3. The van der Waals surface area contributed by atoms with Crippen LogP contribution in [0.2, 0.25) is 0 Å². The van der Waals surface area contributed by atoms with Gasteiger partial charge >= 0.3 is 6.03 Å². The highest BCUT2D eigenvalue weighted by Gasteiger charge is 2.35. The lowest BCUT2D eigenvalue weighted by molar-refractivity contribution is -0.138. The van der Waals surface area contributed by atoms with Crippen LogP contribution in [0.5, 0.6) is 0 Å². The van der Waals surface area contributed by atoms with Crippen LogP contribution in [-0.2, 0) is 4.79 Å². The highest BCUT2D eigenvalue weighted by molar-refractivity contribution is 5.80. The summed E-state index contributed by atoms with van der Waals surface area (Å²) >= 11 is 0. The second kappa shape index (κ2) is 6.43. The smallest absolute Gasteiger partial charge is 0.319 e. The largest absolute Gasteiger partial charge is 0.394 e. The van der Waals surface area contributed by atoms with Gasteiger partial charge in [0.2, 0.25) is 5.91 Å². The van der Waals surface area contributed by atoms with E-state index in [0.29, 0.717) is 13.1 Å². The molecule has 0 aromatic heterocycles. The average molecular weight is 283 g/mol. The van der Waals surface area contributed by atoms with Crippen molar-refractivity contribution in [3.63, 3.8) is 0 Å². The summed E-state index contributed by atoms with van der Waals surface area (Å²) in [5.74, 6) is 0.173. The molecule has 2 aliphatic heterocycles. The minimum absolute atomic E-state index is 0.00365. The van der Waals surface area contributed by atoms with Gasteiger partial charge in [-0.3, -0.25) is 4.79 Å². The molecular formula is C14H25N3O3. The van der Waals surface area contributed by atoms with Crippen LogP contribution in [0, 0.1) is 5.92 Å². The van der Waals surface area contributed by atoms with E-state index in [0.717, 1.165) is 32.2 Å². The topological polar surface area (TPSA) is 64.1 Å². The van der Waals surface area contributed by atoms with Crippen LogP contribution in [0.4, 0.5) is 4.79 Å². The number of likely N-dealkylation sites (tertiary alicyclic amines) is 2. The number of rotatable bonds is 2. The summed E-state index contributed by atoms with van der Waals surface area (Å²) in [6.45, 7) is 2.11. The Bertz CT molecular complexity index is 365. The summed E-state index contributed by atoms with van der Waals surface area (Å²) in [5.41, 5.74) is 0. The second-order valence-corrected chi connectivity index (χ2v) is 5.95. The van der Waals surface area contributed by atoms with Crippen LogP contribution in [0.1, 0.15) is 25.7 Å². The zero-order valence-electron chi connectivity index (χ0n) is 12.4. The van der Waals surface area contributed by atoms with Gasteiger partial charge in [-0.2, -0.15) is 0 Å². The minimum Gasteiger partial charge on any atom is -0.394 e. The molecule has 1 N–H and O–H groups in total. The third-order valence-electron chi connectivity index (χ3n) is 4.37. The number of carbonyl (C=O) groups excluding carboxylic acids is 2. The van der Waals surface area contributed by atoms with E-state index >= 15 is 0 Å². The van der Waals surface area contributed by atoms with Crippen molar-refractivity contribution >= 4 is 11.9 Å². The highest BCUT2D eigenvalue weighted by Crippen LogP contribution is 2.25. The van der Waals surface area contributed by atoms with Gasteiger partial charge in [0.25, 0.3) is 0 Å². The van der Waals surface area contributed by atoms with Crippen molar-refractivity contribution in [2.45, 2.75) is 31.7 Å². The molecule has 0 unspecified atom stereocenters. The molecule has 0 aromatic carbocycles. The van der Waals surface area contributed by atoms with Crippen molar-refractivity contribution in [1.82, 2.24) is 14.7 Å². The maximum atomic E-state index is 12.5. The molecule has 6 nitrogen and oxygen atoms in total. The van der Waals surface area contributed by atoms with Crippen molar-refractivity contribution in [3.8, 4) is 0 Å². The molecule has 2 fully saturated rings. The normalized spacial score (nSPS) is 24.1. The van der Waals surface area contributed by atoms with Gasteiger partial charge in [0.15, 0.2) is 0 Å². The van der Waals surface area contributed by atoms with E-state index in [1.807, 2.05) is 4.90 Å². The van der Waals surface area contributed by atoms with Crippen molar-refractivity contribution in [2.75, 3.05) is 40.3 Å². The standard InChI is InChI=1S/C14H25N3O3/c1-15(2)14(20)16-8-5-11(6-9-16)13(19)17-7-3-4-12(17)10-18/h11-12,18H,3-10H2,1-2H3/t12-/m0/s1. The summed E-state index contributed by atoms with van der Waals surface area (Å²) < 4.78 is 0. The quantitative estimate of drug-likeness (QED) is 0.796. The van der Waals surface area contributed by atoms with Gasteiger partial charge in [-0.1, -0.05) is 0 Å². The lowest BCUT2D eigenvalue weighted by Gasteiger charge is -2.35. The van der Waals surface area contributed by atoms with Crippen molar-refractivity contribution in [2.24, 2.45) is 5.92 Å². The first-order chi connectivity index (χ1) is 9.54. The van der Waals surface area contributed by atoms with Crippen LogP contribution in [0.15, 0.2) is 0 Å². The Morgan fingerprint density at radius 3 is 2.35 bits per heavy atom. The number of nitrogens with zero attached hydrogens (tertiary/aromatic N) is 3. The summed E-state index contributed by atoms with van der Waals surface area (Å²) in [5, 5.41) is 9.31. The van der Waals surface area contributed by atoms with Crippen LogP contribution < -0.4 is 0 Å². The molecule has 2 aliphatic rings. The summed E-state index contributed by atoms with van der Waals surface area (Å²) in [6.07, 6.45) is 3.34. The molecular weight excluding hydrogens is 258 g/mol. The van der Waals surface area contributed by atoms with Gasteiger partial charge in [0.05, 0.1) is 12.6 Å². The molecule has 114 valence electrons. The van der Waals surface area contributed by atoms with E-state index in [-0.39, 0.29) is 30.5 Å². The molecule has 0 radical (unpaired) electrons. The SMILES string of the molecule is CN(C)C(=O)N1CCC(C(=O)N2CCC[C@H]2CO)CC1.